The number of hydrogen-bond acceptors (Lipinski definition) is 2. The van der Waals surface area contributed by atoms with Crippen molar-refractivity contribution < 1.29 is 8.60 Å². The monoisotopic (exact) mass is 297 g/mol. The van der Waals surface area contributed by atoms with Crippen LogP contribution >= 0.6 is 0 Å². The Morgan fingerprint density at radius 2 is 2.00 bits per heavy atom. The van der Waals surface area contributed by atoms with Gasteiger partial charge in [-0.1, -0.05) is 38.7 Å². The molecule has 1 aliphatic carbocycles. The third-order valence-corrected chi connectivity index (χ3v) is 5.80. The molecule has 1 fully saturated rings. The lowest BCUT2D eigenvalue weighted by molar-refractivity contribution is 0.400. The molecule has 2 rings (SSSR count). The highest BCUT2D eigenvalue weighted by atomic mass is 32.2. The molecule has 1 aromatic rings. The van der Waals surface area contributed by atoms with Gasteiger partial charge in [0.15, 0.2) is 0 Å². The smallest absolute Gasteiger partial charge is 0.124 e. The van der Waals surface area contributed by atoms with E-state index >= 15 is 0 Å². The zero-order valence-corrected chi connectivity index (χ0v) is 12.9. The highest BCUT2D eigenvalue weighted by Gasteiger charge is 2.28. The molecule has 0 aromatic heterocycles. The fourth-order valence-corrected chi connectivity index (χ4v) is 4.67. The summed E-state index contributed by atoms with van der Waals surface area (Å²) < 4.78 is 26.1. The van der Waals surface area contributed by atoms with Gasteiger partial charge in [0.25, 0.3) is 0 Å². The molecule has 0 radical (unpaired) electrons. The molecule has 4 heteroatoms. The first-order valence-corrected chi connectivity index (χ1v) is 8.83. The summed E-state index contributed by atoms with van der Waals surface area (Å²) in [7, 11) is -1.13. The molecule has 1 aliphatic rings. The second kappa shape index (κ2) is 7.89. The lowest BCUT2D eigenvalue weighted by Crippen LogP contribution is -2.42. The van der Waals surface area contributed by atoms with Crippen molar-refractivity contribution in [1.82, 2.24) is 5.32 Å². The van der Waals surface area contributed by atoms with E-state index in [1.807, 2.05) is 0 Å². The fourth-order valence-electron chi connectivity index (χ4n) is 2.97. The minimum Gasteiger partial charge on any atom is -0.313 e. The maximum Gasteiger partial charge on any atom is 0.124 e. The van der Waals surface area contributed by atoms with Gasteiger partial charge in [-0.25, -0.2) is 4.39 Å². The maximum atomic E-state index is 13.3. The van der Waals surface area contributed by atoms with Crippen LogP contribution in [0, 0.1) is 5.82 Å². The largest absolute Gasteiger partial charge is 0.313 e. The van der Waals surface area contributed by atoms with E-state index in [1.165, 1.54) is 31.4 Å². The van der Waals surface area contributed by atoms with Crippen molar-refractivity contribution in [1.29, 1.82) is 0 Å². The average Bonchev–Trinajstić information content (AvgIpc) is 2.42. The Morgan fingerprint density at radius 1 is 1.25 bits per heavy atom. The number of hydrogen-bond donors (Lipinski definition) is 1. The molecular formula is C16H24FNOS. The van der Waals surface area contributed by atoms with Gasteiger partial charge in [-0.3, -0.25) is 4.21 Å². The molecule has 0 aliphatic heterocycles. The Balaban J connectivity index is 2.17. The van der Waals surface area contributed by atoms with Crippen LogP contribution in [0.2, 0.25) is 0 Å². The summed E-state index contributed by atoms with van der Waals surface area (Å²) >= 11 is 0. The molecule has 0 spiro atoms. The van der Waals surface area contributed by atoms with Crippen molar-refractivity contribution in [3.63, 3.8) is 0 Å². The summed E-state index contributed by atoms with van der Waals surface area (Å²) in [5, 5.41) is 3.58. The SMILES string of the molecule is CCNC1CCCCCCC1S(=O)c1cccc(F)c1. The molecule has 3 atom stereocenters. The van der Waals surface area contributed by atoms with Gasteiger partial charge in [-0.15, -0.1) is 0 Å². The Labute approximate surface area is 123 Å². The predicted octanol–water partition coefficient (Wildman–Crippen LogP) is 3.63. The minimum atomic E-state index is -1.13. The van der Waals surface area contributed by atoms with Crippen molar-refractivity contribution in [2.75, 3.05) is 6.54 Å². The zero-order valence-electron chi connectivity index (χ0n) is 12.1. The molecule has 0 bridgehead atoms. The van der Waals surface area contributed by atoms with E-state index in [2.05, 4.69) is 12.2 Å². The fraction of sp³-hybridized carbons (Fsp3) is 0.625. The summed E-state index contributed by atoms with van der Waals surface area (Å²) in [6, 6.07) is 6.53. The summed E-state index contributed by atoms with van der Waals surface area (Å²) in [6.07, 6.45) is 6.82. The average molecular weight is 297 g/mol. The summed E-state index contributed by atoms with van der Waals surface area (Å²) in [5.74, 6) is -0.304. The van der Waals surface area contributed by atoms with Gasteiger partial charge in [0.2, 0.25) is 0 Å². The van der Waals surface area contributed by atoms with Crippen LogP contribution in [0.25, 0.3) is 0 Å². The van der Waals surface area contributed by atoms with Gasteiger partial charge >= 0.3 is 0 Å². The molecule has 1 saturated carbocycles. The highest BCUT2D eigenvalue weighted by molar-refractivity contribution is 7.85. The van der Waals surface area contributed by atoms with E-state index in [4.69, 9.17) is 0 Å². The van der Waals surface area contributed by atoms with E-state index in [9.17, 15) is 8.60 Å². The van der Waals surface area contributed by atoms with E-state index in [-0.39, 0.29) is 17.1 Å². The summed E-state index contributed by atoms with van der Waals surface area (Å²) in [5.41, 5.74) is 0. The van der Waals surface area contributed by atoms with E-state index < -0.39 is 10.8 Å². The standard InChI is InChI=1S/C16H24FNOS/c1-2-18-15-10-5-3-4-6-11-16(15)20(19)14-9-7-8-13(17)12-14/h7-9,12,15-16,18H,2-6,10-11H2,1H3. The molecule has 2 nitrogen and oxygen atoms in total. The van der Waals surface area contributed by atoms with Crippen LogP contribution in [0.1, 0.15) is 45.4 Å². The zero-order chi connectivity index (χ0) is 14.4. The van der Waals surface area contributed by atoms with Crippen LogP contribution in [0.5, 0.6) is 0 Å². The molecule has 20 heavy (non-hydrogen) atoms. The van der Waals surface area contributed by atoms with Crippen molar-refractivity contribution in [3.8, 4) is 0 Å². The predicted molar refractivity (Wildman–Crippen MR) is 81.8 cm³/mol. The number of rotatable bonds is 4. The number of halogens is 1. The van der Waals surface area contributed by atoms with Gasteiger partial charge < -0.3 is 5.32 Å². The minimum absolute atomic E-state index is 0.0945. The summed E-state index contributed by atoms with van der Waals surface area (Å²) in [4.78, 5) is 0.624. The van der Waals surface area contributed by atoms with Crippen molar-refractivity contribution >= 4 is 10.8 Å². The lowest BCUT2D eigenvalue weighted by Gasteiger charge is -2.29. The first kappa shape index (κ1) is 15.6. The lowest BCUT2D eigenvalue weighted by atomic mass is 9.96. The van der Waals surface area contributed by atoms with E-state index in [0.29, 0.717) is 4.90 Å². The first-order valence-electron chi connectivity index (χ1n) is 7.62. The topological polar surface area (TPSA) is 29.1 Å². The van der Waals surface area contributed by atoms with Crippen LogP contribution in [-0.2, 0) is 10.8 Å². The van der Waals surface area contributed by atoms with Crippen molar-refractivity contribution in [2.45, 2.75) is 61.6 Å². The molecule has 0 saturated heterocycles. The van der Waals surface area contributed by atoms with Gasteiger partial charge in [0, 0.05) is 10.9 Å². The number of benzene rings is 1. The normalized spacial score (nSPS) is 25.7. The van der Waals surface area contributed by atoms with E-state index in [1.54, 1.807) is 12.1 Å². The molecule has 112 valence electrons. The van der Waals surface area contributed by atoms with Gasteiger partial charge in [-0.2, -0.15) is 0 Å². The van der Waals surface area contributed by atoms with Crippen molar-refractivity contribution in [3.05, 3.63) is 30.1 Å². The molecule has 3 unspecified atom stereocenters. The molecule has 0 heterocycles. The van der Waals surface area contributed by atoms with Crippen molar-refractivity contribution in [2.24, 2.45) is 0 Å². The summed E-state index contributed by atoms with van der Waals surface area (Å²) in [6.45, 7) is 2.97. The van der Waals surface area contributed by atoms with Crippen LogP contribution in [-0.4, -0.2) is 22.0 Å². The first-order chi connectivity index (χ1) is 9.72. The second-order valence-electron chi connectivity index (χ2n) is 5.45. The Kier molecular flexibility index (Phi) is 6.17. The van der Waals surface area contributed by atoms with Crippen LogP contribution in [0.4, 0.5) is 4.39 Å². The number of nitrogens with one attached hydrogen (secondary N) is 1. The Bertz CT molecular complexity index is 452. The third kappa shape index (κ3) is 4.13. The quantitative estimate of drug-likeness (QED) is 0.919. The van der Waals surface area contributed by atoms with Crippen LogP contribution in [0.15, 0.2) is 29.2 Å². The second-order valence-corrected chi connectivity index (χ2v) is 7.12. The third-order valence-electron chi connectivity index (χ3n) is 3.97. The van der Waals surface area contributed by atoms with E-state index in [0.717, 1.165) is 25.8 Å². The van der Waals surface area contributed by atoms with Gasteiger partial charge in [-0.05, 0) is 37.6 Å². The van der Waals surface area contributed by atoms with Gasteiger partial charge in [0.05, 0.1) is 16.0 Å². The molecule has 1 aromatic carbocycles. The highest BCUT2D eigenvalue weighted by Crippen LogP contribution is 2.25. The Hall–Kier alpha value is -0.740. The van der Waals surface area contributed by atoms with Crippen LogP contribution in [0.3, 0.4) is 0 Å². The Morgan fingerprint density at radius 3 is 2.70 bits per heavy atom. The molecular weight excluding hydrogens is 273 g/mol. The maximum absolute atomic E-state index is 13.3. The van der Waals surface area contributed by atoms with Crippen LogP contribution < -0.4 is 5.32 Å². The van der Waals surface area contributed by atoms with Gasteiger partial charge in [0.1, 0.15) is 5.82 Å². The molecule has 1 N–H and O–H groups in total. The molecule has 0 amide bonds.